The predicted octanol–water partition coefficient (Wildman–Crippen LogP) is 4.06. The first-order valence-corrected chi connectivity index (χ1v) is 9.07. The molecule has 0 radical (unpaired) electrons. The number of aliphatic hydroxyl groups excluding tert-OH is 1. The van der Waals surface area contributed by atoms with E-state index in [0.29, 0.717) is 0 Å². The number of nitrogens with zero attached hydrogens (tertiary/aromatic N) is 1. The van der Waals surface area contributed by atoms with Gasteiger partial charge < -0.3 is 9.84 Å². The number of ether oxygens (including phenoxy) is 1. The number of hydrogen-bond acceptors (Lipinski definition) is 4. The number of aliphatic hydroxyl groups is 1. The van der Waals surface area contributed by atoms with E-state index in [9.17, 15) is 15.2 Å². The van der Waals surface area contributed by atoms with Crippen LogP contribution in [-0.2, 0) is 11.2 Å². The lowest BCUT2D eigenvalue weighted by atomic mass is 9.94. The molecule has 5 nitrogen and oxygen atoms in total. The van der Waals surface area contributed by atoms with Crippen molar-refractivity contribution in [1.29, 1.82) is 0 Å². The number of benzene rings is 1. The average molecular weight is 335 g/mol. The molecule has 0 amide bonds. The van der Waals surface area contributed by atoms with Crippen LogP contribution < -0.4 is 0 Å². The largest absolute Gasteiger partial charge is 0.389 e. The zero-order valence-electron chi connectivity index (χ0n) is 14.6. The zero-order valence-corrected chi connectivity index (χ0v) is 14.6. The van der Waals surface area contributed by atoms with Crippen LogP contribution in [0.1, 0.15) is 69.1 Å². The molecule has 0 saturated carbocycles. The van der Waals surface area contributed by atoms with Crippen molar-refractivity contribution in [3.05, 3.63) is 45.5 Å². The number of unbranched alkanes of at least 4 members (excludes halogenated alkanes) is 5. The van der Waals surface area contributed by atoms with Gasteiger partial charge in [-0.2, -0.15) is 0 Å². The van der Waals surface area contributed by atoms with Gasteiger partial charge in [-0.05, 0) is 24.0 Å². The smallest absolute Gasteiger partial charge is 0.270 e. The highest BCUT2D eigenvalue weighted by atomic mass is 16.6. The SMILES string of the molecule is CCCCCCCCc1ccc(C2CC(CO)([N+](=O)[O-])CO2)cc1. The van der Waals surface area contributed by atoms with Gasteiger partial charge in [-0.15, -0.1) is 0 Å². The Bertz CT molecular complexity index is 517. The third-order valence-electron chi connectivity index (χ3n) is 4.97. The maximum atomic E-state index is 11.2. The first-order valence-electron chi connectivity index (χ1n) is 9.07. The van der Waals surface area contributed by atoms with Gasteiger partial charge >= 0.3 is 0 Å². The fourth-order valence-electron chi connectivity index (χ4n) is 3.24. The lowest BCUT2D eigenvalue weighted by Gasteiger charge is -2.15. The standard InChI is InChI=1S/C19H29NO4/c1-2-3-4-5-6-7-8-16-9-11-17(12-10-16)18-13-19(14-21,15-24-18)20(22)23/h9-12,18,21H,2-8,13-15H2,1H3. The number of rotatable bonds is 10. The summed E-state index contributed by atoms with van der Waals surface area (Å²) in [6, 6.07) is 8.20. The van der Waals surface area contributed by atoms with E-state index in [1.165, 1.54) is 44.1 Å². The second-order valence-corrected chi connectivity index (χ2v) is 6.90. The van der Waals surface area contributed by atoms with Crippen molar-refractivity contribution < 1.29 is 14.8 Å². The van der Waals surface area contributed by atoms with Crippen molar-refractivity contribution in [2.24, 2.45) is 0 Å². The Morgan fingerprint density at radius 3 is 2.46 bits per heavy atom. The van der Waals surface area contributed by atoms with E-state index in [1.807, 2.05) is 12.1 Å². The van der Waals surface area contributed by atoms with Crippen LogP contribution in [-0.4, -0.2) is 28.8 Å². The fourth-order valence-corrected chi connectivity index (χ4v) is 3.24. The molecular formula is C19H29NO4. The molecule has 1 aromatic rings. The van der Waals surface area contributed by atoms with Gasteiger partial charge in [-0.1, -0.05) is 63.3 Å². The summed E-state index contributed by atoms with van der Waals surface area (Å²) in [5.41, 5.74) is 0.913. The van der Waals surface area contributed by atoms with Crippen LogP contribution in [0, 0.1) is 10.1 Å². The molecule has 0 aromatic heterocycles. The maximum Gasteiger partial charge on any atom is 0.270 e. The van der Waals surface area contributed by atoms with Gasteiger partial charge in [-0.3, -0.25) is 10.1 Å². The molecule has 0 bridgehead atoms. The van der Waals surface area contributed by atoms with Crippen LogP contribution in [0.2, 0.25) is 0 Å². The second kappa shape index (κ2) is 9.14. The Labute approximate surface area is 144 Å². The minimum Gasteiger partial charge on any atom is -0.389 e. The maximum absolute atomic E-state index is 11.2. The van der Waals surface area contributed by atoms with E-state index in [1.54, 1.807) is 0 Å². The molecule has 134 valence electrons. The molecule has 1 aromatic carbocycles. The second-order valence-electron chi connectivity index (χ2n) is 6.90. The molecule has 1 heterocycles. The predicted molar refractivity (Wildman–Crippen MR) is 93.6 cm³/mol. The van der Waals surface area contributed by atoms with Gasteiger partial charge in [0.1, 0.15) is 13.2 Å². The Kier molecular flexibility index (Phi) is 7.18. The summed E-state index contributed by atoms with van der Waals surface area (Å²) in [5.74, 6) is 0. The van der Waals surface area contributed by atoms with Crippen LogP contribution in [0.25, 0.3) is 0 Å². The summed E-state index contributed by atoms with van der Waals surface area (Å²) in [4.78, 5) is 10.8. The Balaban J connectivity index is 1.81. The summed E-state index contributed by atoms with van der Waals surface area (Å²) < 4.78 is 5.58. The van der Waals surface area contributed by atoms with Crippen LogP contribution in [0.5, 0.6) is 0 Å². The van der Waals surface area contributed by atoms with Crippen molar-refractivity contribution in [2.75, 3.05) is 13.2 Å². The number of hydrogen-bond donors (Lipinski definition) is 1. The van der Waals surface area contributed by atoms with Crippen molar-refractivity contribution >= 4 is 0 Å². The highest BCUT2D eigenvalue weighted by Gasteiger charge is 2.51. The summed E-state index contributed by atoms with van der Waals surface area (Å²) in [7, 11) is 0. The van der Waals surface area contributed by atoms with Crippen LogP contribution in [0.15, 0.2) is 24.3 Å². The quantitative estimate of drug-likeness (QED) is 0.397. The van der Waals surface area contributed by atoms with E-state index in [2.05, 4.69) is 19.1 Å². The molecule has 2 rings (SSSR count). The Morgan fingerprint density at radius 1 is 1.21 bits per heavy atom. The molecule has 0 aliphatic carbocycles. The highest BCUT2D eigenvalue weighted by Crippen LogP contribution is 2.36. The number of aryl methyl sites for hydroxylation is 1. The van der Waals surface area contributed by atoms with Crippen molar-refractivity contribution in [1.82, 2.24) is 0 Å². The van der Waals surface area contributed by atoms with Gasteiger partial charge in [0.25, 0.3) is 5.54 Å². The van der Waals surface area contributed by atoms with E-state index < -0.39 is 17.1 Å². The van der Waals surface area contributed by atoms with Crippen molar-refractivity contribution in [3.63, 3.8) is 0 Å². The van der Waals surface area contributed by atoms with Crippen LogP contribution in [0.4, 0.5) is 0 Å². The van der Waals surface area contributed by atoms with Crippen LogP contribution in [0.3, 0.4) is 0 Å². The zero-order chi connectivity index (χ0) is 17.4. The lowest BCUT2D eigenvalue weighted by Crippen LogP contribution is -2.42. The minimum atomic E-state index is -1.35. The van der Waals surface area contributed by atoms with E-state index in [-0.39, 0.29) is 19.1 Å². The van der Waals surface area contributed by atoms with Gasteiger partial charge in [0.05, 0.1) is 12.5 Å². The topological polar surface area (TPSA) is 72.6 Å². The van der Waals surface area contributed by atoms with Gasteiger partial charge in [0, 0.05) is 4.92 Å². The van der Waals surface area contributed by atoms with E-state index >= 15 is 0 Å². The van der Waals surface area contributed by atoms with E-state index in [0.717, 1.165) is 12.0 Å². The van der Waals surface area contributed by atoms with Gasteiger partial charge in [0.15, 0.2) is 0 Å². The van der Waals surface area contributed by atoms with Crippen LogP contribution >= 0.6 is 0 Å². The van der Waals surface area contributed by atoms with E-state index in [4.69, 9.17) is 4.74 Å². The molecule has 1 N–H and O–H groups in total. The average Bonchev–Trinajstić information content (AvgIpc) is 3.04. The molecular weight excluding hydrogens is 306 g/mol. The molecule has 5 heteroatoms. The molecule has 0 spiro atoms. The molecule has 1 aliphatic rings. The molecule has 1 aliphatic heterocycles. The Hall–Kier alpha value is -1.46. The Morgan fingerprint density at radius 2 is 1.88 bits per heavy atom. The summed E-state index contributed by atoms with van der Waals surface area (Å²) in [5, 5.41) is 20.5. The lowest BCUT2D eigenvalue weighted by molar-refractivity contribution is -0.570. The van der Waals surface area contributed by atoms with Gasteiger partial charge in [-0.25, -0.2) is 0 Å². The molecule has 2 unspecified atom stereocenters. The van der Waals surface area contributed by atoms with Crippen molar-refractivity contribution in [3.8, 4) is 0 Å². The minimum absolute atomic E-state index is 0.0271. The first-order chi connectivity index (χ1) is 11.6. The summed E-state index contributed by atoms with van der Waals surface area (Å²) in [6.07, 6.45) is 8.73. The summed E-state index contributed by atoms with van der Waals surface area (Å²) in [6.45, 7) is 1.72. The molecule has 1 fully saturated rings. The molecule has 24 heavy (non-hydrogen) atoms. The monoisotopic (exact) mass is 335 g/mol. The summed E-state index contributed by atoms with van der Waals surface area (Å²) >= 11 is 0. The molecule has 2 atom stereocenters. The van der Waals surface area contributed by atoms with Gasteiger partial charge in [0.2, 0.25) is 0 Å². The van der Waals surface area contributed by atoms with Crippen molar-refractivity contribution in [2.45, 2.75) is 69.9 Å². The fraction of sp³-hybridized carbons (Fsp3) is 0.684. The normalized spacial score (nSPS) is 23.5. The first kappa shape index (κ1) is 18.9. The third kappa shape index (κ3) is 4.77. The molecule has 1 saturated heterocycles. The highest BCUT2D eigenvalue weighted by molar-refractivity contribution is 5.25. The number of nitro groups is 1. The third-order valence-corrected chi connectivity index (χ3v) is 4.97.